The average Bonchev–Trinajstić information content (AvgIpc) is 2.43. The van der Waals surface area contributed by atoms with Crippen molar-refractivity contribution in [2.24, 2.45) is 5.10 Å². The Balaban J connectivity index is 2.67. The molecule has 0 atom stereocenters. The van der Waals surface area contributed by atoms with Gasteiger partial charge in [-0.2, -0.15) is 13.5 Å². The minimum absolute atomic E-state index is 0.220. The van der Waals surface area contributed by atoms with Crippen LogP contribution >= 0.6 is 0 Å². The Kier molecular flexibility index (Phi) is 5.95. The fraction of sp³-hybridized carbons (Fsp3) is 0.400. The second-order valence-electron chi connectivity index (χ2n) is 4.86. The van der Waals surface area contributed by atoms with E-state index in [1.807, 2.05) is 6.92 Å². The molecular formula is C15H22N2O2S. The summed E-state index contributed by atoms with van der Waals surface area (Å²) < 4.78 is 24.0. The van der Waals surface area contributed by atoms with Crippen LogP contribution in [-0.2, 0) is 10.0 Å². The lowest BCUT2D eigenvalue weighted by atomic mass is 10.1. The fourth-order valence-electron chi connectivity index (χ4n) is 1.50. The third kappa shape index (κ3) is 5.17. The van der Waals surface area contributed by atoms with E-state index >= 15 is 0 Å². The fourth-order valence-corrected chi connectivity index (χ4v) is 2.37. The lowest BCUT2D eigenvalue weighted by Gasteiger charge is -2.06. The van der Waals surface area contributed by atoms with Crippen molar-refractivity contribution in [3.8, 4) is 0 Å². The molecule has 1 N–H and O–H groups in total. The average molecular weight is 294 g/mol. The zero-order chi connectivity index (χ0) is 15.2. The van der Waals surface area contributed by atoms with E-state index in [2.05, 4.69) is 23.4 Å². The summed E-state index contributed by atoms with van der Waals surface area (Å²) >= 11 is 0. The number of benzene rings is 1. The summed E-state index contributed by atoms with van der Waals surface area (Å²) in [7, 11) is -3.58. The smallest absolute Gasteiger partial charge is 0.200 e. The summed E-state index contributed by atoms with van der Waals surface area (Å²) in [5.74, 6) is 0. The van der Waals surface area contributed by atoms with E-state index in [0.717, 1.165) is 29.7 Å². The van der Waals surface area contributed by atoms with Gasteiger partial charge in [0, 0.05) is 5.71 Å². The van der Waals surface area contributed by atoms with Crippen molar-refractivity contribution in [2.75, 3.05) is 0 Å². The number of nitrogens with zero attached hydrogens (tertiary/aromatic N) is 1. The van der Waals surface area contributed by atoms with Gasteiger partial charge in [-0.1, -0.05) is 36.8 Å². The highest BCUT2D eigenvalue weighted by Gasteiger charge is 2.12. The third-order valence-electron chi connectivity index (χ3n) is 3.03. The van der Waals surface area contributed by atoms with Crippen LogP contribution in [0.3, 0.4) is 0 Å². The Morgan fingerprint density at radius 1 is 1.25 bits per heavy atom. The molecule has 0 saturated heterocycles. The summed E-state index contributed by atoms with van der Waals surface area (Å²) in [6, 6.07) is 6.66. The number of rotatable bonds is 7. The highest BCUT2D eigenvalue weighted by Crippen LogP contribution is 2.10. The number of hydrogen-bond donors (Lipinski definition) is 1. The van der Waals surface area contributed by atoms with Gasteiger partial charge in [0.05, 0.1) is 4.90 Å². The Bertz CT molecular complexity index is 587. The maximum Gasteiger partial charge on any atom is 0.276 e. The van der Waals surface area contributed by atoms with E-state index in [4.69, 9.17) is 0 Å². The summed E-state index contributed by atoms with van der Waals surface area (Å²) in [6.07, 6.45) is 2.48. The van der Waals surface area contributed by atoms with Crippen LogP contribution in [0.4, 0.5) is 0 Å². The van der Waals surface area contributed by atoms with Crippen LogP contribution in [0.1, 0.15) is 38.7 Å². The van der Waals surface area contributed by atoms with Crippen molar-refractivity contribution < 1.29 is 8.42 Å². The first-order chi connectivity index (χ1) is 9.35. The zero-order valence-corrected chi connectivity index (χ0v) is 13.1. The normalized spacial score (nSPS) is 12.2. The first-order valence-electron chi connectivity index (χ1n) is 6.63. The second kappa shape index (κ2) is 7.24. The Morgan fingerprint density at radius 2 is 1.85 bits per heavy atom. The molecule has 1 aromatic carbocycles. The molecule has 110 valence electrons. The molecule has 0 saturated carbocycles. The lowest BCUT2D eigenvalue weighted by molar-refractivity contribution is 0.584. The topological polar surface area (TPSA) is 58.5 Å². The summed E-state index contributed by atoms with van der Waals surface area (Å²) in [4.78, 5) is 2.49. The van der Waals surface area contributed by atoms with Crippen molar-refractivity contribution in [2.45, 2.75) is 44.9 Å². The monoisotopic (exact) mass is 294 g/mol. The van der Waals surface area contributed by atoms with Crippen LogP contribution in [0, 0.1) is 6.92 Å². The number of sulfonamides is 1. The van der Waals surface area contributed by atoms with Gasteiger partial charge in [-0.15, -0.1) is 0 Å². The molecule has 0 radical (unpaired) electrons. The molecule has 4 nitrogen and oxygen atoms in total. The van der Waals surface area contributed by atoms with Crippen molar-refractivity contribution in [1.82, 2.24) is 4.83 Å². The number of allylic oxidation sites excluding steroid dienone is 1. The molecule has 0 heterocycles. The molecule has 0 fully saturated rings. The Labute approximate surface area is 121 Å². The molecule has 0 aromatic heterocycles. The largest absolute Gasteiger partial charge is 0.276 e. The maximum atomic E-state index is 12.0. The second-order valence-corrected chi connectivity index (χ2v) is 6.52. The molecular weight excluding hydrogens is 272 g/mol. The van der Waals surface area contributed by atoms with Gasteiger partial charge in [-0.25, -0.2) is 4.83 Å². The quantitative estimate of drug-likeness (QED) is 0.476. The number of hydrogen-bond acceptors (Lipinski definition) is 3. The van der Waals surface area contributed by atoms with E-state index in [9.17, 15) is 8.42 Å². The predicted molar refractivity (Wildman–Crippen MR) is 83.3 cm³/mol. The molecule has 0 aliphatic heterocycles. The molecule has 0 spiro atoms. The maximum absolute atomic E-state index is 12.0. The molecule has 1 rings (SSSR count). The standard InChI is InChI=1S/C15H22N2O2S/c1-5-12(2)6-9-14(4)16-17-20(18,19)15-10-7-13(3)8-11-15/h7-8,10-11,17H,2,5-6,9H2,1,3-4H3/b16-14+. The van der Waals surface area contributed by atoms with Gasteiger partial charge < -0.3 is 0 Å². The zero-order valence-electron chi connectivity index (χ0n) is 12.3. The van der Waals surface area contributed by atoms with Gasteiger partial charge in [0.15, 0.2) is 0 Å². The molecule has 0 amide bonds. The molecule has 20 heavy (non-hydrogen) atoms. The van der Waals surface area contributed by atoms with Crippen LogP contribution in [0.2, 0.25) is 0 Å². The lowest BCUT2D eigenvalue weighted by Crippen LogP contribution is -2.19. The number of nitrogens with one attached hydrogen (secondary N) is 1. The highest BCUT2D eigenvalue weighted by atomic mass is 32.2. The molecule has 1 aromatic rings. The van der Waals surface area contributed by atoms with Gasteiger partial charge in [-0.05, 0) is 45.2 Å². The molecule has 0 unspecified atom stereocenters. The van der Waals surface area contributed by atoms with Gasteiger partial charge in [-0.3, -0.25) is 0 Å². The highest BCUT2D eigenvalue weighted by molar-refractivity contribution is 7.89. The van der Waals surface area contributed by atoms with Gasteiger partial charge in [0.2, 0.25) is 0 Å². The van der Waals surface area contributed by atoms with Gasteiger partial charge in [0.25, 0.3) is 10.0 Å². The number of aryl methyl sites for hydroxylation is 1. The van der Waals surface area contributed by atoms with Crippen LogP contribution in [0.5, 0.6) is 0 Å². The first-order valence-corrected chi connectivity index (χ1v) is 8.11. The molecule has 0 bridgehead atoms. The third-order valence-corrected chi connectivity index (χ3v) is 4.25. The van der Waals surface area contributed by atoms with Crippen LogP contribution in [0.25, 0.3) is 0 Å². The molecule has 0 aliphatic carbocycles. The SMILES string of the molecule is C=C(CC)CC/C(C)=N/NS(=O)(=O)c1ccc(C)cc1. The van der Waals surface area contributed by atoms with E-state index in [0.29, 0.717) is 6.42 Å². The first kappa shape index (κ1) is 16.4. The van der Waals surface area contributed by atoms with Crippen LogP contribution in [0.15, 0.2) is 46.4 Å². The summed E-state index contributed by atoms with van der Waals surface area (Å²) in [5, 5.41) is 3.94. The molecule has 5 heteroatoms. The Morgan fingerprint density at radius 3 is 2.40 bits per heavy atom. The minimum atomic E-state index is -3.58. The number of hydrazone groups is 1. The predicted octanol–water partition coefficient (Wildman–Crippen LogP) is 3.40. The van der Waals surface area contributed by atoms with Crippen molar-refractivity contribution in [3.05, 3.63) is 42.0 Å². The van der Waals surface area contributed by atoms with Crippen molar-refractivity contribution in [3.63, 3.8) is 0 Å². The molecule has 0 aliphatic rings. The van der Waals surface area contributed by atoms with Crippen molar-refractivity contribution >= 4 is 15.7 Å². The summed E-state index contributed by atoms with van der Waals surface area (Å²) in [6.45, 7) is 9.68. The van der Waals surface area contributed by atoms with Crippen molar-refractivity contribution in [1.29, 1.82) is 0 Å². The minimum Gasteiger partial charge on any atom is -0.200 e. The summed E-state index contributed by atoms with van der Waals surface area (Å²) in [5.41, 5.74) is 2.90. The van der Waals surface area contributed by atoms with Crippen LogP contribution in [-0.4, -0.2) is 14.1 Å². The van der Waals surface area contributed by atoms with E-state index in [-0.39, 0.29) is 4.90 Å². The van der Waals surface area contributed by atoms with Crippen LogP contribution < -0.4 is 4.83 Å². The Hall–Kier alpha value is -1.62. The van der Waals surface area contributed by atoms with Gasteiger partial charge >= 0.3 is 0 Å². The van der Waals surface area contributed by atoms with Gasteiger partial charge in [0.1, 0.15) is 0 Å². The van der Waals surface area contributed by atoms with E-state index in [1.165, 1.54) is 0 Å². The van der Waals surface area contributed by atoms with E-state index < -0.39 is 10.0 Å². The van der Waals surface area contributed by atoms with E-state index in [1.54, 1.807) is 31.2 Å².